The van der Waals surface area contributed by atoms with Crippen LogP contribution in [0, 0.1) is 12.7 Å². The molecule has 1 atom stereocenters. The number of Topliss-reactive ketones (excluding diaryl/α,β-unsaturated/α-hetero) is 1. The van der Waals surface area contributed by atoms with Gasteiger partial charge in [0.2, 0.25) is 0 Å². The number of ketones is 1. The van der Waals surface area contributed by atoms with E-state index >= 15 is 0 Å². The van der Waals surface area contributed by atoms with Crippen molar-refractivity contribution in [1.29, 1.82) is 0 Å². The zero-order valence-corrected chi connectivity index (χ0v) is 8.22. The standard InChI is InChI=1S/C12H13FO/c1-8-9(4-2-6-11(8)13)10-5-3-7-12(10)14/h2,4,6,10H,3,5,7H2,1H3. The maximum atomic E-state index is 13.2. The van der Waals surface area contributed by atoms with E-state index in [1.54, 1.807) is 13.0 Å². The molecule has 0 radical (unpaired) electrons. The van der Waals surface area contributed by atoms with E-state index < -0.39 is 0 Å². The van der Waals surface area contributed by atoms with Crippen molar-refractivity contribution in [2.24, 2.45) is 0 Å². The smallest absolute Gasteiger partial charge is 0.140 e. The van der Waals surface area contributed by atoms with Gasteiger partial charge in [-0.2, -0.15) is 0 Å². The monoisotopic (exact) mass is 192 g/mol. The fourth-order valence-corrected chi connectivity index (χ4v) is 2.15. The predicted octanol–water partition coefficient (Wildman–Crippen LogP) is 2.97. The van der Waals surface area contributed by atoms with Gasteiger partial charge in [-0.3, -0.25) is 4.79 Å². The van der Waals surface area contributed by atoms with E-state index in [9.17, 15) is 9.18 Å². The topological polar surface area (TPSA) is 17.1 Å². The Morgan fingerprint density at radius 2 is 2.21 bits per heavy atom. The van der Waals surface area contributed by atoms with Gasteiger partial charge in [0.1, 0.15) is 11.6 Å². The summed E-state index contributed by atoms with van der Waals surface area (Å²) in [4.78, 5) is 11.5. The fourth-order valence-electron chi connectivity index (χ4n) is 2.15. The number of hydrogen-bond donors (Lipinski definition) is 0. The molecule has 0 aliphatic heterocycles. The lowest BCUT2D eigenvalue weighted by Gasteiger charge is -2.11. The zero-order valence-electron chi connectivity index (χ0n) is 8.22. The first-order chi connectivity index (χ1) is 6.70. The van der Waals surface area contributed by atoms with Crippen molar-refractivity contribution < 1.29 is 9.18 Å². The molecular formula is C12H13FO. The summed E-state index contributed by atoms with van der Waals surface area (Å²) >= 11 is 0. The van der Waals surface area contributed by atoms with Crippen LogP contribution in [0.3, 0.4) is 0 Å². The van der Waals surface area contributed by atoms with Gasteiger partial charge < -0.3 is 0 Å². The highest BCUT2D eigenvalue weighted by Gasteiger charge is 2.27. The summed E-state index contributed by atoms with van der Waals surface area (Å²) in [5.41, 5.74) is 1.51. The van der Waals surface area contributed by atoms with Crippen molar-refractivity contribution in [3.05, 3.63) is 35.1 Å². The van der Waals surface area contributed by atoms with Crippen LogP contribution in [-0.4, -0.2) is 5.78 Å². The molecule has 0 spiro atoms. The van der Waals surface area contributed by atoms with Gasteiger partial charge in [0.15, 0.2) is 0 Å². The lowest BCUT2D eigenvalue weighted by atomic mass is 9.93. The van der Waals surface area contributed by atoms with Crippen LogP contribution in [-0.2, 0) is 4.79 Å². The van der Waals surface area contributed by atoms with Crippen LogP contribution < -0.4 is 0 Å². The van der Waals surface area contributed by atoms with Gasteiger partial charge >= 0.3 is 0 Å². The van der Waals surface area contributed by atoms with E-state index in [2.05, 4.69) is 0 Å². The molecule has 0 bridgehead atoms. The summed E-state index contributed by atoms with van der Waals surface area (Å²) < 4.78 is 13.2. The Bertz CT molecular complexity index is 371. The van der Waals surface area contributed by atoms with Gasteiger partial charge in [-0.15, -0.1) is 0 Å². The SMILES string of the molecule is Cc1c(F)cccc1C1CCCC1=O. The third kappa shape index (κ3) is 1.45. The summed E-state index contributed by atoms with van der Waals surface area (Å²) in [6.07, 6.45) is 2.48. The largest absolute Gasteiger partial charge is 0.299 e. The molecule has 0 saturated heterocycles. The summed E-state index contributed by atoms with van der Waals surface area (Å²) in [6, 6.07) is 4.99. The highest BCUT2D eigenvalue weighted by molar-refractivity contribution is 5.87. The molecule has 74 valence electrons. The molecule has 1 aliphatic carbocycles. The minimum absolute atomic E-state index is 0.0503. The molecule has 0 amide bonds. The Morgan fingerprint density at radius 3 is 2.86 bits per heavy atom. The average Bonchev–Trinajstić information content (AvgIpc) is 2.57. The molecule has 14 heavy (non-hydrogen) atoms. The van der Waals surface area contributed by atoms with Crippen LogP contribution in [0.25, 0.3) is 0 Å². The van der Waals surface area contributed by atoms with Gasteiger partial charge in [-0.25, -0.2) is 4.39 Å². The highest BCUT2D eigenvalue weighted by atomic mass is 19.1. The molecule has 1 nitrogen and oxygen atoms in total. The summed E-state index contributed by atoms with van der Waals surface area (Å²) in [5, 5.41) is 0. The second-order valence-corrected chi connectivity index (χ2v) is 3.87. The molecule has 1 aromatic rings. The van der Waals surface area contributed by atoms with Crippen molar-refractivity contribution >= 4 is 5.78 Å². The first-order valence-corrected chi connectivity index (χ1v) is 4.98. The molecule has 1 fully saturated rings. The molecule has 2 rings (SSSR count). The number of halogens is 1. The van der Waals surface area contributed by atoms with Crippen LogP contribution in [0.4, 0.5) is 4.39 Å². The van der Waals surface area contributed by atoms with Gasteiger partial charge in [0.25, 0.3) is 0 Å². The Balaban J connectivity index is 2.41. The number of hydrogen-bond acceptors (Lipinski definition) is 1. The third-order valence-corrected chi connectivity index (χ3v) is 2.99. The molecule has 2 heteroatoms. The van der Waals surface area contributed by atoms with Gasteiger partial charge in [0.05, 0.1) is 0 Å². The molecule has 1 aliphatic rings. The fraction of sp³-hybridized carbons (Fsp3) is 0.417. The molecule has 1 aromatic carbocycles. The number of rotatable bonds is 1. The third-order valence-electron chi connectivity index (χ3n) is 2.99. The van der Waals surface area contributed by atoms with Crippen molar-refractivity contribution in [1.82, 2.24) is 0 Å². The van der Waals surface area contributed by atoms with Crippen molar-refractivity contribution in [3.8, 4) is 0 Å². The first kappa shape index (κ1) is 9.38. The van der Waals surface area contributed by atoms with Crippen LogP contribution >= 0.6 is 0 Å². The zero-order chi connectivity index (χ0) is 10.1. The van der Waals surface area contributed by atoms with Crippen LogP contribution in [0.2, 0.25) is 0 Å². The Morgan fingerprint density at radius 1 is 1.43 bits per heavy atom. The second kappa shape index (κ2) is 3.52. The molecule has 0 N–H and O–H groups in total. The van der Waals surface area contributed by atoms with Crippen LogP contribution in [0.15, 0.2) is 18.2 Å². The van der Waals surface area contributed by atoms with E-state index in [1.807, 2.05) is 6.07 Å². The molecule has 0 aromatic heterocycles. The van der Waals surface area contributed by atoms with Crippen molar-refractivity contribution in [3.63, 3.8) is 0 Å². The van der Waals surface area contributed by atoms with Crippen LogP contribution in [0.5, 0.6) is 0 Å². The van der Waals surface area contributed by atoms with E-state index in [1.165, 1.54) is 6.07 Å². The molecule has 1 unspecified atom stereocenters. The lowest BCUT2D eigenvalue weighted by Crippen LogP contribution is -2.06. The number of carbonyl (C=O) groups excluding carboxylic acids is 1. The minimum atomic E-state index is -0.206. The van der Waals surface area contributed by atoms with Crippen molar-refractivity contribution in [2.45, 2.75) is 32.1 Å². The van der Waals surface area contributed by atoms with E-state index in [0.717, 1.165) is 18.4 Å². The highest BCUT2D eigenvalue weighted by Crippen LogP contribution is 2.33. The Kier molecular flexibility index (Phi) is 2.36. The van der Waals surface area contributed by atoms with Gasteiger partial charge in [-0.1, -0.05) is 12.1 Å². The van der Waals surface area contributed by atoms with E-state index in [-0.39, 0.29) is 17.5 Å². The molecule has 1 saturated carbocycles. The van der Waals surface area contributed by atoms with Crippen molar-refractivity contribution in [2.75, 3.05) is 0 Å². The summed E-state index contributed by atoms with van der Waals surface area (Å²) in [7, 11) is 0. The van der Waals surface area contributed by atoms with Gasteiger partial charge in [-0.05, 0) is 37.0 Å². The number of benzene rings is 1. The van der Waals surface area contributed by atoms with Crippen LogP contribution in [0.1, 0.15) is 36.3 Å². The second-order valence-electron chi connectivity index (χ2n) is 3.87. The maximum Gasteiger partial charge on any atom is 0.140 e. The molecular weight excluding hydrogens is 179 g/mol. The van der Waals surface area contributed by atoms with E-state index in [4.69, 9.17) is 0 Å². The first-order valence-electron chi connectivity index (χ1n) is 4.98. The number of carbonyl (C=O) groups is 1. The average molecular weight is 192 g/mol. The quantitative estimate of drug-likeness (QED) is 0.668. The maximum absolute atomic E-state index is 13.2. The summed E-state index contributed by atoms with van der Waals surface area (Å²) in [6.45, 7) is 1.75. The van der Waals surface area contributed by atoms with Gasteiger partial charge in [0, 0.05) is 12.3 Å². The predicted molar refractivity (Wildman–Crippen MR) is 52.7 cm³/mol. The lowest BCUT2D eigenvalue weighted by molar-refractivity contribution is -0.118. The Labute approximate surface area is 82.9 Å². The summed E-state index contributed by atoms with van der Waals surface area (Å²) in [5.74, 6) is 0.00611. The normalized spacial score (nSPS) is 21.6. The molecule has 0 heterocycles. The van der Waals surface area contributed by atoms with E-state index in [0.29, 0.717) is 12.0 Å². The Hall–Kier alpha value is -1.18. The minimum Gasteiger partial charge on any atom is -0.299 e.